The largest absolute Gasteiger partial charge is 0.298 e. The van der Waals surface area contributed by atoms with Crippen LogP contribution in [0.25, 0.3) is 0 Å². The SMILES string of the molecule is C=S1(=O)CCC(CC2CC(=O)C(c3c(C)cc(C)cc3C)C2=O)CC1. The van der Waals surface area contributed by atoms with Gasteiger partial charge in [-0.2, -0.15) is 0 Å². The number of carbonyl (C=O) groups excluding carboxylic acids is 2. The van der Waals surface area contributed by atoms with E-state index in [1.807, 2.05) is 20.8 Å². The molecule has 0 spiro atoms. The first kappa shape index (κ1) is 18.4. The van der Waals surface area contributed by atoms with Gasteiger partial charge in [0, 0.05) is 23.8 Å². The second-order valence-corrected chi connectivity index (χ2v) is 10.8. The number of hydrogen-bond donors (Lipinski definition) is 0. The van der Waals surface area contributed by atoms with E-state index in [1.165, 1.54) is 0 Å². The molecule has 0 N–H and O–H groups in total. The smallest absolute Gasteiger partial charge is 0.151 e. The zero-order valence-electron chi connectivity index (χ0n) is 15.5. The average molecular weight is 361 g/mol. The van der Waals surface area contributed by atoms with Crippen molar-refractivity contribution in [3.8, 4) is 0 Å². The molecule has 2 unspecified atom stereocenters. The van der Waals surface area contributed by atoms with Crippen LogP contribution in [0.3, 0.4) is 0 Å². The van der Waals surface area contributed by atoms with Crippen LogP contribution in [0.4, 0.5) is 0 Å². The fraction of sp³-hybridized carbons (Fsp3) is 0.571. The lowest BCUT2D eigenvalue weighted by atomic mass is 9.84. The maximum Gasteiger partial charge on any atom is 0.151 e. The Balaban J connectivity index is 1.77. The Morgan fingerprint density at radius 1 is 1.08 bits per heavy atom. The maximum atomic E-state index is 13.0. The molecule has 3 nitrogen and oxygen atoms in total. The second-order valence-electron chi connectivity index (χ2n) is 8.07. The summed E-state index contributed by atoms with van der Waals surface area (Å²) in [5, 5.41) is 0. The van der Waals surface area contributed by atoms with Crippen LogP contribution in [-0.2, 0) is 19.1 Å². The van der Waals surface area contributed by atoms with E-state index in [2.05, 4.69) is 18.0 Å². The Morgan fingerprint density at radius 2 is 1.64 bits per heavy atom. The number of benzene rings is 1. The van der Waals surface area contributed by atoms with Gasteiger partial charge in [0.15, 0.2) is 5.78 Å². The predicted molar refractivity (Wildman–Crippen MR) is 104 cm³/mol. The molecular formula is C21H28O3S. The number of rotatable bonds is 3. The molecule has 4 heteroatoms. The molecule has 2 atom stereocenters. The van der Waals surface area contributed by atoms with E-state index in [1.54, 1.807) is 0 Å². The topological polar surface area (TPSA) is 51.2 Å². The fourth-order valence-corrected chi connectivity index (χ4v) is 6.38. The van der Waals surface area contributed by atoms with Crippen molar-refractivity contribution >= 4 is 27.0 Å². The van der Waals surface area contributed by atoms with Crippen molar-refractivity contribution in [3.63, 3.8) is 0 Å². The van der Waals surface area contributed by atoms with E-state index in [0.29, 0.717) is 23.8 Å². The summed E-state index contributed by atoms with van der Waals surface area (Å²) >= 11 is 0. The van der Waals surface area contributed by atoms with Gasteiger partial charge in [-0.3, -0.25) is 13.8 Å². The van der Waals surface area contributed by atoms with Crippen LogP contribution in [0.15, 0.2) is 12.1 Å². The van der Waals surface area contributed by atoms with Gasteiger partial charge in [0.05, 0.1) is 0 Å². The Labute approximate surface area is 151 Å². The van der Waals surface area contributed by atoms with E-state index >= 15 is 0 Å². The van der Waals surface area contributed by atoms with E-state index in [9.17, 15) is 13.8 Å². The van der Waals surface area contributed by atoms with Crippen molar-refractivity contribution in [3.05, 3.63) is 34.4 Å². The van der Waals surface area contributed by atoms with Crippen LogP contribution >= 0.6 is 0 Å². The molecule has 2 fully saturated rings. The van der Waals surface area contributed by atoms with Crippen molar-refractivity contribution in [1.29, 1.82) is 0 Å². The summed E-state index contributed by atoms with van der Waals surface area (Å²) in [6.07, 6.45) is 2.87. The molecule has 1 aliphatic heterocycles. The monoisotopic (exact) mass is 360 g/mol. The lowest BCUT2D eigenvalue weighted by Gasteiger charge is -2.26. The summed E-state index contributed by atoms with van der Waals surface area (Å²) in [7, 11) is -1.89. The van der Waals surface area contributed by atoms with Crippen molar-refractivity contribution in [1.82, 2.24) is 0 Å². The summed E-state index contributed by atoms with van der Waals surface area (Å²) in [5.41, 5.74) is 4.17. The highest BCUT2D eigenvalue weighted by Crippen LogP contribution is 2.40. The minimum absolute atomic E-state index is 0.0711. The highest BCUT2D eigenvalue weighted by atomic mass is 32.2. The fourth-order valence-electron chi connectivity index (χ4n) is 4.65. The van der Waals surface area contributed by atoms with Crippen LogP contribution < -0.4 is 0 Å². The second kappa shape index (κ2) is 6.71. The Morgan fingerprint density at radius 3 is 2.20 bits per heavy atom. The molecule has 136 valence electrons. The van der Waals surface area contributed by atoms with Crippen molar-refractivity contribution in [2.45, 2.75) is 52.4 Å². The van der Waals surface area contributed by atoms with Gasteiger partial charge in [0.2, 0.25) is 0 Å². The minimum atomic E-state index is -1.89. The number of carbonyl (C=O) groups is 2. The van der Waals surface area contributed by atoms with Crippen LogP contribution in [0.1, 0.15) is 53.9 Å². The van der Waals surface area contributed by atoms with E-state index in [0.717, 1.165) is 41.5 Å². The molecule has 1 saturated heterocycles. The molecule has 0 radical (unpaired) electrons. The molecule has 1 saturated carbocycles. The molecule has 0 amide bonds. The van der Waals surface area contributed by atoms with Crippen molar-refractivity contribution < 1.29 is 13.8 Å². The lowest BCUT2D eigenvalue weighted by molar-refractivity contribution is -0.125. The van der Waals surface area contributed by atoms with Gasteiger partial charge in [-0.05, 0) is 78.0 Å². The molecule has 1 heterocycles. The van der Waals surface area contributed by atoms with Crippen molar-refractivity contribution in [2.24, 2.45) is 11.8 Å². The number of Topliss-reactive ketones (excluding diaryl/α,β-unsaturated/α-hetero) is 2. The van der Waals surface area contributed by atoms with Gasteiger partial charge in [-0.15, -0.1) is 0 Å². The maximum absolute atomic E-state index is 13.0. The normalized spacial score (nSPS) is 33.0. The molecule has 2 aliphatic rings. The third kappa shape index (κ3) is 3.74. The summed E-state index contributed by atoms with van der Waals surface area (Å²) < 4.78 is 12.0. The number of aryl methyl sites for hydroxylation is 3. The van der Waals surface area contributed by atoms with E-state index in [-0.39, 0.29) is 17.5 Å². The first-order valence-electron chi connectivity index (χ1n) is 9.15. The first-order chi connectivity index (χ1) is 11.7. The van der Waals surface area contributed by atoms with Crippen molar-refractivity contribution in [2.75, 3.05) is 11.5 Å². The van der Waals surface area contributed by atoms with E-state index in [4.69, 9.17) is 0 Å². The third-order valence-electron chi connectivity index (χ3n) is 5.90. The van der Waals surface area contributed by atoms with Gasteiger partial charge in [0.1, 0.15) is 11.7 Å². The van der Waals surface area contributed by atoms with Gasteiger partial charge in [-0.1, -0.05) is 17.7 Å². The van der Waals surface area contributed by atoms with Crippen LogP contribution in [0.2, 0.25) is 0 Å². The zero-order chi connectivity index (χ0) is 18.4. The number of ketones is 2. The van der Waals surface area contributed by atoms with Crippen LogP contribution in [0, 0.1) is 32.6 Å². The first-order valence-corrected chi connectivity index (χ1v) is 11.2. The van der Waals surface area contributed by atoms with E-state index < -0.39 is 15.4 Å². The summed E-state index contributed by atoms with van der Waals surface area (Å²) in [4.78, 5) is 25.7. The number of hydrogen-bond acceptors (Lipinski definition) is 3. The van der Waals surface area contributed by atoms with Crippen LogP contribution in [0.5, 0.6) is 0 Å². The molecule has 25 heavy (non-hydrogen) atoms. The molecule has 3 rings (SSSR count). The highest BCUT2D eigenvalue weighted by Gasteiger charge is 2.43. The quantitative estimate of drug-likeness (QED) is 0.613. The molecule has 0 bridgehead atoms. The molecule has 1 aromatic carbocycles. The van der Waals surface area contributed by atoms with Gasteiger partial charge in [0.25, 0.3) is 0 Å². The molecule has 1 aromatic rings. The highest BCUT2D eigenvalue weighted by molar-refractivity contribution is 8.00. The zero-order valence-corrected chi connectivity index (χ0v) is 16.3. The Hall–Kier alpha value is -1.42. The molecule has 1 aliphatic carbocycles. The third-order valence-corrected chi connectivity index (χ3v) is 7.86. The molecule has 0 aromatic heterocycles. The van der Waals surface area contributed by atoms with Crippen LogP contribution in [-0.4, -0.2) is 33.2 Å². The van der Waals surface area contributed by atoms with Gasteiger partial charge < -0.3 is 0 Å². The Bertz CT molecular complexity index is 783. The molecular weight excluding hydrogens is 332 g/mol. The van der Waals surface area contributed by atoms with Gasteiger partial charge >= 0.3 is 0 Å². The standard InChI is InChI=1S/C21H28O3S/c1-13-9-14(2)19(15(3)10-13)20-18(22)12-17(21(20)23)11-16-5-7-25(4,24)8-6-16/h9-10,16-17,20H,4-8,11-12H2,1-3H3. The lowest BCUT2D eigenvalue weighted by Crippen LogP contribution is -2.26. The van der Waals surface area contributed by atoms with Gasteiger partial charge in [-0.25, -0.2) is 0 Å². The minimum Gasteiger partial charge on any atom is -0.298 e. The summed E-state index contributed by atoms with van der Waals surface area (Å²) in [6, 6.07) is 4.12. The Kier molecular flexibility index (Phi) is 4.93. The predicted octanol–water partition coefficient (Wildman–Crippen LogP) is 3.37. The average Bonchev–Trinajstić information content (AvgIpc) is 2.76. The summed E-state index contributed by atoms with van der Waals surface area (Å²) in [5.74, 6) is 4.95. The summed E-state index contributed by atoms with van der Waals surface area (Å²) in [6.45, 7) is 6.03.